The van der Waals surface area contributed by atoms with Gasteiger partial charge in [-0.3, -0.25) is 4.90 Å². The van der Waals surface area contributed by atoms with E-state index in [0.29, 0.717) is 49.3 Å². The number of ether oxygens (including phenoxy) is 3. The number of rotatable bonds is 11. The van der Waals surface area contributed by atoms with Crippen molar-refractivity contribution in [1.29, 1.82) is 0 Å². The lowest BCUT2D eigenvalue weighted by Crippen LogP contribution is -2.60. The van der Waals surface area contributed by atoms with Crippen molar-refractivity contribution in [2.75, 3.05) is 40.0 Å². The Balaban J connectivity index is 1.18. The van der Waals surface area contributed by atoms with Crippen molar-refractivity contribution in [2.45, 2.75) is 149 Å². The van der Waals surface area contributed by atoms with Crippen LogP contribution in [0.15, 0.2) is 0 Å². The highest BCUT2D eigenvalue weighted by Gasteiger charge is 2.83. The molecular weight excluding hydrogens is 598 g/mol. The summed E-state index contributed by atoms with van der Waals surface area (Å²) in [6.07, 6.45) is 7.53. The second-order valence-electron chi connectivity index (χ2n) is 18.6. The lowest BCUT2D eigenvalue weighted by Gasteiger charge is -2.64. The van der Waals surface area contributed by atoms with Gasteiger partial charge in [-0.1, -0.05) is 34.6 Å². The van der Waals surface area contributed by atoms with E-state index in [4.69, 9.17) is 14.2 Å². The highest BCUT2D eigenvalue weighted by Crippen LogP contribution is 2.89. The van der Waals surface area contributed by atoms with Crippen molar-refractivity contribution in [3.8, 4) is 0 Å². The summed E-state index contributed by atoms with van der Waals surface area (Å²) in [7, 11) is 1.62. The van der Waals surface area contributed by atoms with Gasteiger partial charge in [-0.15, -0.1) is 0 Å². The Morgan fingerprint density at radius 1 is 0.979 bits per heavy atom. The number of hydrogen-bond acceptors (Lipinski definition) is 9. The molecule has 0 aromatic heterocycles. The molecule has 6 rings (SSSR count). The van der Waals surface area contributed by atoms with E-state index in [9.17, 15) is 25.5 Å². The van der Waals surface area contributed by atoms with Crippen LogP contribution in [0.3, 0.4) is 0 Å². The van der Waals surface area contributed by atoms with Crippen molar-refractivity contribution in [3.05, 3.63) is 0 Å². The van der Waals surface area contributed by atoms with E-state index in [1.54, 1.807) is 21.0 Å². The zero-order valence-corrected chi connectivity index (χ0v) is 30.6. The van der Waals surface area contributed by atoms with Gasteiger partial charge in [-0.05, 0) is 117 Å². The van der Waals surface area contributed by atoms with Crippen LogP contribution < -0.4 is 0 Å². The predicted molar refractivity (Wildman–Crippen MR) is 179 cm³/mol. The Hall–Kier alpha value is -0.360. The van der Waals surface area contributed by atoms with Crippen molar-refractivity contribution in [3.63, 3.8) is 0 Å². The molecule has 0 aromatic rings. The van der Waals surface area contributed by atoms with Crippen LogP contribution >= 0.6 is 0 Å². The average molecular weight is 666 g/mol. The lowest BCUT2D eigenvalue weighted by atomic mass is 9.41. The summed E-state index contributed by atoms with van der Waals surface area (Å²) >= 11 is 0. The Labute approximate surface area is 283 Å². The van der Waals surface area contributed by atoms with Gasteiger partial charge in [0.1, 0.15) is 6.10 Å². The molecule has 9 unspecified atom stereocenters. The van der Waals surface area contributed by atoms with Crippen LogP contribution in [0.5, 0.6) is 0 Å². The first-order valence-electron chi connectivity index (χ1n) is 18.8. The van der Waals surface area contributed by atoms with Crippen LogP contribution in [-0.4, -0.2) is 113 Å². The first-order valence-corrected chi connectivity index (χ1v) is 18.8. The zero-order valence-electron chi connectivity index (χ0n) is 30.6. The predicted octanol–water partition coefficient (Wildman–Crippen LogP) is 3.97. The van der Waals surface area contributed by atoms with Gasteiger partial charge in [-0.25, -0.2) is 0 Å². The van der Waals surface area contributed by atoms with Crippen LogP contribution in [0, 0.1) is 50.7 Å². The van der Waals surface area contributed by atoms with Gasteiger partial charge in [0.2, 0.25) is 0 Å². The molecular formula is C38H67NO8. The van der Waals surface area contributed by atoms with Crippen molar-refractivity contribution in [1.82, 2.24) is 4.90 Å². The molecule has 6 aliphatic rings. The summed E-state index contributed by atoms with van der Waals surface area (Å²) in [5, 5.41) is 53.0. The van der Waals surface area contributed by atoms with Crippen molar-refractivity contribution in [2.24, 2.45) is 50.7 Å². The number of aliphatic hydroxyl groups is 5. The molecule has 0 radical (unpaired) electrons. The maximum atomic E-state index is 12.1. The highest BCUT2D eigenvalue weighted by atomic mass is 16.7. The van der Waals surface area contributed by atoms with Crippen LogP contribution in [-0.2, 0) is 14.2 Å². The number of aliphatic hydroxyl groups excluding tert-OH is 4. The van der Waals surface area contributed by atoms with E-state index >= 15 is 0 Å². The van der Waals surface area contributed by atoms with E-state index in [1.807, 2.05) is 0 Å². The molecule has 5 saturated carbocycles. The van der Waals surface area contributed by atoms with Crippen LogP contribution in [0.25, 0.3) is 0 Å². The Kier molecular flexibility index (Phi) is 9.61. The van der Waals surface area contributed by atoms with E-state index in [1.165, 1.54) is 19.3 Å². The molecule has 6 fully saturated rings. The second kappa shape index (κ2) is 12.4. The van der Waals surface area contributed by atoms with Gasteiger partial charge in [-0.2, -0.15) is 0 Å². The Bertz CT molecular complexity index is 1130. The number of hydrogen-bond donors (Lipinski definition) is 5. The highest BCUT2D eigenvalue weighted by molar-refractivity contribution is 5.31. The van der Waals surface area contributed by atoms with Gasteiger partial charge in [0.05, 0.1) is 56.3 Å². The minimum absolute atomic E-state index is 0.00261. The van der Waals surface area contributed by atoms with E-state index in [2.05, 4.69) is 39.5 Å². The topological polar surface area (TPSA) is 132 Å². The maximum Gasteiger partial charge on any atom is 0.170 e. The Morgan fingerprint density at radius 2 is 1.64 bits per heavy atom. The Morgan fingerprint density at radius 3 is 2.28 bits per heavy atom. The van der Waals surface area contributed by atoms with Gasteiger partial charge in [0.25, 0.3) is 0 Å². The first kappa shape index (κ1) is 36.4. The van der Waals surface area contributed by atoms with Crippen LogP contribution in [0.1, 0.15) is 106 Å². The molecule has 0 amide bonds. The number of methoxy groups -OCH3 is 1. The van der Waals surface area contributed by atoms with Crippen LogP contribution in [0.4, 0.5) is 0 Å². The normalized spacial score (nSPS) is 46.6. The number of fused-ring (bicyclic) bond motifs is 2. The first-order chi connectivity index (χ1) is 22.0. The molecule has 9 nitrogen and oxygen atoms in total. The van der Waals surface area contributed by atoms with E-state index < -0.39 is 17.8 Å². The molecule has 9 heteroatoms. The molecule has 47 heavy (non-hydrogen) atoms. The zero-order chi connectivity index (χ0) is 34.4. The SMILES string of the molecule is COC(C[C@@H](C)C1C[C@H](O)[C@@]2(C)C3CC[C@H]4C(C)(C)C(OC5CN(C(CO)CO)CCO5)CCC45CC35CCC12C)C(O)C(C)(C)O. The molecule has 0 aromatic carbocycles. The number of morpholine rings is 1. The molecule has 272 valence electrons. The average Bonchev–Trinajstić information content (AvgIpc) is 3.64. The minimum atomic E-state index is -1.24. The summed E-state index contributed by atoms with van der Waals surface area (Å²) in [4.78, 5) is 2.10. The summed E-state index contributed by atoms with van der Waals surface area (Å²) in [5.41, 5.74) is -0.821. The van der Waals surface area contributed by atoms with E-state index in [-0.39, 0.29) is 65.3 Å². The quantitative estimate of drug-likeness (QED) is 0.223. The lowest BCUT2D eigenvalue weighted by molar-refractivity contribution is -0.252. The summed E-state index contributed by atoms with van der Waals surface area (Å²) in [6, 6.07) is -0.276. The van der Waals surface area contributed by atoms with Gasteiger partial charge >= 0.3 is 0 Å². The monoisotopic (exact) mass is 665 g/mol. The third-order valence-electron chi connectivity index (χ3n) is 16.2. The van der Waals surface area contributed by atoms with Gasteiger partial charge in [0.15, 0.2) is 6.29 Å². The smallest absolute Gasteiger partial charge is 0.170 e. The third-order valence-corrected chi connectivity index (χ3v) is 16.2. The fraction of sp³-hybridized carbons (Fsp3) is 1.00. The second-order valence-corrected chi connectivity index (χ2v) is 18.6. The molecule has 1 heterocycles. The molecule has 1 saturated heterocycles. The maximum absolute atomic E-state index is 12.1. The van der Waals surface area contributed by atoms with E-state index in [0.717, 1.165) is 32.1 Å². The summed E-state index contributed by atoms with van der Waals surface area (Å²) in [6.45, 7) is 16.9. The summed E-state index contributed by atoms with van der Waals surface area (Å²) in [5.74, 6) is 1.63. The van der Waals surface area contributed by atoms with Gasteiger partial charge in [0, 0.05) is 19.1 Å². The molecule has 2 spiro atoms. The minimum Gasteiger partial charge on any atom is -0.395 e. The van der Waals surface area contributed by atoms with Crippen LogP contribution in [0.2, 0.25) is 0 Å². The van der Waals surface area contributed by atoms with Crippen molar-refractivity contribution >= 4 is 0 Å². The largest absolute Gasteiger partial charge is 0.395 e. The molecule has 0 bridgehead atoms. The van der Waals surface area contributed by atoms with Crippen molar-refractivity contribution < 1.29 is 39.7 Å². The third kappa shape index (κ3) is 5.34. The molecule has 5 N–H and O–H groups in total. The standard InChI is InChI=1S/C38H67NO8/c1-23(17-26(45-8)32(43)34(4,5)44)25-18-29(42)36(7)28-10-9-27-33(2,3)30(47-31-19-39(15-16-46-31)24(20-40)21-41)11-12-37(27)22-38(28,37)14-13-35(25,36)6/h23-32,40-44H,9-22H2,1-8H3/t23-,25?,26?,27+,28?,29+,30?,31?,32?,35?,36-,37?,38?/m1/s1. The molecule has 13 atom stereocenters. The molecule has 1 aliphatic heterocycles. The number of nitrogens with zero attached hydrogens (tertiary/aromatic N) is 1. The molecule has 5 aliphatic carbocycles. The fourth-order valence-corrected chi connectivity index (χ4v) is 13.4. The fourth-order valence-electron chi connectivity index (χ4n) is 13.4. The summed E-state index contributed by atoms with van der Waals surface area (Å²) < 4.78 is 18.6. The van der Waals surface area contributed by atoms with Gasteiger partial charge < -0.3 is 39.7 Å².